The van der Waals surface area contributed by atoms with Crippen LogP contribution in [0.1, 0.15) is 31.2 Å². The van der Waals surface area contributed by atoms with Gasteiger partial charge in [0.15, 0.2) is 0 Å². The lowest BCUT2D eigenvalue weighted by Crippen LogP contribution is -2.40. The molecule has 0 aliphatic heterocycles. The molecule has 1 aromatic rings. The van der Waals surface area contributed by atoms with E-state index in [1.807, 2.05) is 6.07 Å². The minimum Gasteiger partial charge on any atom is -0.472 e. The Bertz CT molecular complexity index is 278. The van der Waals surface area contributed by atoms with Crippen molar-refractivity contribution in [3.8, 4) is 0 Å². The number of hydrogen-bond donors (Lipinski definition) is 2. The highest BCUT2D eigenvalue weighted by molar-refractivity contribution is 5.04. The average molecular weight is 209 g/mol. The maximum atomic E-state index is 9.01. The van der Waals surface area contributed by atoms with Gasteiger partial charge in [-0.15, -0.1) is 0 Å². The van der Waals surface area contributed by atoms with Crippen molar-refractivity contribution < 1.29 is 9.52 Å². The van der Waals surface area contributed by atoms with Crippen molar-refractivity contribution in [1.82, 2.24) is 5.32 Å². The second-order valence-electron chi connectivity index (χ2n) is 4.56. The van der Waals surface area contributed by atoms with Crippen LogP contribution in [0, 0.1) is 5.41 Å². The summed E-state index contributed by atoms with van der Waals surface area (Å²) in [7, 11) is 0. The van der Waals surface area contributed by atoms with Gasteiger partial charge in [-0.05, 0) is 30.7 Å². The third kappa shape index (κ3) is 2.61. The van der Waals surface area contributed by atoms with Crippen molar-refractivity contribution in [3.63, 3.8) is 0 Å². The molecule has 0 aromatic carbocycles. The SMILES string of the molecule is OCCC1(CNCc2ccoc2)CCC1. The lowest BCUT2D eigenvalue weighted by molar-refractivity contribution is 0.0859. The smallest absolute Gasteiger partial charge is 0.0947 e. The zero-order valence-electron chi connectivity index (χ0n) is 9.04. The molecule has 3 nitrogen and oxygen atoms in total. The first-order chi connectivity index (χ1) is 7.35. The Balaban J connectivity index is 1.72. The molecule has 2 rings (SSSR count). The van der Waals surface area contributed by atoms with Crippen LogP contribution in [0.4, 0.5) is 0 Å². The van der Waals surface area contributed by atoms with E-state index in [2.05, 4.69) is 5.32 Å². The Labute approximate surface area is 90.5 Å². The van der Waals surface area contributed by atoms with E-state index < -0.39 is 0 Å². The molecule has 0 saturated heterocycles. The first kappa shape index (κ1) is 10.7. The number of furan rings is 1. The molecule has 1 aliphatic rings. The summed E-state index contributed by atoms with van der Waals surface area (Å²) in [6, 6.07) is 1.98. The summed E-state index contributed by atoms with van der Waals surface area (Å²) in [6.45, 7) is 2.19. The average Bonchev–Trinajstić information content (AvgIpc) is 2.67. The summed E-state index contributed by atoms with van der Waals surface area (Å²) in [5.74, 6) is 0. The first-order valence-electron chi connectivity index (χ1n) is 5.67. The van der Waals surface area contributed by atoms with Crippen molar-refractivity contribution in [2.45, 2.75) is 32.2 Å². The van der Waals surface area contributed by atoms with Gasteiger partial charge >= 0.3 is 0 Å². The van der Waals surface area contributed by atoms with Gasteiger partial charge < -0.3 is 14.8 Å². The molecule has 0 amide bonds. The Kier molecular flexibility index (Phi) is 3.44. The summed E-state index contributed by atoms with van der Waals surface area (Å²) < 4.78 is 5.00. The number of hydrogen-bond acceptors (Lipinski definition) is 3. The van der Waals surface area contributed by atoms with E-state index >= 15 is 0 Å². The molecule has 0 spiro atoms. The minimum absolute atomic E-state index is 0.313. The zero-order chi connectivity index (χ0) is 10.6. The molecule has 1 heterocycles. The molecule has 0 bridgehead atoms. The highest BCUT2D eigenvalue weighted by atomic mass is 16.3. The molecule has 0 radical (unpaired) electrons. The molecule has 84 valence electrons. The molecular weight excluding hydrogens is 190 g/mol. The lowest BCUT2D eigenvalue weighted by atomic mass is 9.67. The normalized spacial score (nSPS) is 18.7. The maximum Gasteiger partial charge on any atom is 0.0947 e. The van der Waals surface area contributed by atoms with Crippen molar-refractivity contribution in [1.29, 1.82) is 0 Å². The van der Waals surface area contributed by atoms with E-state index in [4.69, 9.17) is 9.52 Å². The van der Waals surface area contributed by atoms with E-state index in [0.717, 1.165) is 19.5 Å². The largest absolute Gasteiger partial charge is 0.472 e. The topological polar surface area (TPSA) is 45.4 Å². The van der Waals surface area contributed by atoms with Crippen LogP contribution in [0.3, 0.4) is 0 Å². The summed E-state index contributed by atoms with van der Waals surface area (Å²) >= 11 is 0. The van der Waals surface area contributed by atoms with Crippen LogP contribution in [0.2, 0.25) is 0 Å². The van der Waals surface area contributed by atoms with Gasteiger partial charge in [-0.2, -0.15) is 0 Å². The molecule has 1 aromatic heterocycles. The van der Waals surface area contributed by atoms with E-state index in [1.54, 1.807) is 12.5 Å². The van der Waals surface area contributed by atoms with E-state index in [1.165, 1.54) is 24.8 Å². The molecular formula is C12H19NO2. The van der Waals surface area contributed by atoms with Crippen LogP contribution in [0.25, 0.3) is 0 Å². The van der Waals surface area contributed by atoms with Gasteiger partial charge in [0, 0.05) is 25.3 Å². The van der Waals surface area contributed by atoms with E-state index in [-0.39, 0.29) is 0 Å². The monoisotopic (exact) mass is 209 g/mol. The summed E-state index contributed by atoms with van der Waals surface area (Å²) in [5.41, 5.74) is 1.56. The standard InChI is InChI=1S/C12H19NO2/c14-6-5-12(3-1-4-12)10-13-8-11-2-7-15-9-11/h2,7,9,13-14H,1,3-6,8,10H2. The Morgan fingerprint density at radius 1 is 1.47 bits per heavy atom. The lowest BCUT2D eigenvalue weighted by Gasteiger charge is -2.42. The van der Waals surface area contributed by atoms with Crippen molar-refractivity contribution >= 4 is 0 Å². The van der Waals surface area contributed by atoms with Gasteiger partial charge in [0.1, 0.15) is 0 Å². The van der Waals surface area contributed by atoms with Crippen molar-refractivity contribution in [2.75, 3.05) is 13.2 Å². The molecule has 1 saturated carbocycles. The van der Waals surface area contributed by atoms with Crippen LogP contribution in [-0.2, 0) is 6.54 Å². The fourth-order valence-corrected chi connectivity index (χ4v) is 2.29. The number of nitrogens with one attached hydrogen (secondary N) is 1. The fraction of sp³-hybridized carbons (Fsp3) is 0.667. The maximum absolute atomic E-state index is 9.01. The first-order valence-corrected chi connectivity index (χ1v) is 5.67. The number of rotatable bonds is 6. The summed E-state index contributed by atoms with van der Waals surface area (Å²) in [6.07, 6.45) is 8.23. The van der Waals surface area contributed by atoms with E-state index in [9.17, 15) is 0 Å². The van der Waals surface area contributed by atoms with Gasteiger partial charge in [-0.3, -0.25) is 0 Å². The van der Waals surface area contributed by atoms with Crippen LogP contribution < -0.4 is 5.32 Å². The van der Waals surface area contributed by atoms with Crippen molar-refractivity contribution in [2.24, 2.45) is 5.41 Å². The van der Waals surface area contributed by atoms with Crippen LogP contribution in [0.15, 0.2) is 23.0 Å². The highest BCUT2D eigenvalue weighted by Gasteiger charge is 2.35. The predicted molar refractivity (Wildman–Crippen MR) is 58.4 cm³/mol. The minimum atomic E-state index is 0.313. The molecule has 0 unspecified atom stereocenters. The quantitative estimate of drug-likeness (QED) is 0.752. The number of aliphatic hydroxyl groups is 1. The van der Waals surface area contributed by atoms with Crippen LogP contribution in [-0.4, -0.2) is 18.3 Å². The molecule has 2 N–H and O–H groups in total. The molecule has 3 heteroatoms. The van der Waals surface area contributed by atoms with Gasteiger partial charge in [0.2, 0.25) is 0 Å². The van der Waals surface area contributed by atoms with Gasteiger partial charge in [-0.25, -0.2) is 0 Å². The van der Waals surface area contributed by atoms with Crippen LogP contribution in [0.5, 0.6) is 0 Å². The van der Waals surface area contributed by atoms with Crippen molar-refractivity contribution in [3.05, 3.63) is 24.2 Å². The molecule has 15 heavy (non-hydrogen) atoms. The summed E-state index contributed by atoms with van der Waals surface area (Å²) in [4.78, 5) is 0. The molecule has 1 aliphatic carbocycles. The van der Waals surface area contributed by atoms with Gasteiger partial charge in [0.05, 0.1) is 12.5 Å². The molecule has 0 atom stereocenters. The van der Waals surface area contributed by atoms with Gasteiger partial charge in [0.25, 0.3) is 0 Å². The predicted octanol–water partition coefficient (Wildman–Crippen LogP) is 1.92. The zero-order valence-corrected chi connectivity index (χ0v) is 9.04. The highest BCUT2D eigenvalue weighted by Crippen LogP contribution is 2.43. The third-order valence-corrected chi connectivity index (χ3v) is 3.47. The fourth-order valence-electron chi connectivity index (χ4n) is 2.29. The second-order valence-corrected chi connectivity index (χ2v) is 4.56. The second kappa shape index (κ2) is 4.81. The summed E-state index contributed by atoms with van der Waals surface area (Å²) in [5, 5.41) is 12.5. The van der Waals surface area contributed by atoms with E-state index in [0.29, 0.717) is 12.0 Å². The Morgan fingerprint density at radius 3 is 2.87 bits per heavy atom. The van der Waals surface area contributed by atoms with Crippen LogP contribution >= 0.6 is 0 Å². The molecule has 1 fully saturated rings. The van der Waals surface area contributed by atoms with Gasteiger partial charge in [-0.1, -0.05) is 6.42 Å². The Morgan fingerprint density at radius 2 is 2.33 bits per heavy atom. The third-order valence-electron chi connectivity index (χ3n) is 3.47. The Hall–Kier alpha value is -0.800. The number of aliphatic hydroxyl groups excluding tert-OH is 1.